The van der Waals surface area contributed by atoms with Crippen LogP contribution >= 0.6 is 0 Å². The molecule has 2 rings (SSSR count). The lowest BCUT2D eigenvalue weighted by molar-refractivity contribution is 0.0688. The average molecular weight is 274 g/mol. The van der Waals surface area contributed by atoms with Gasteiger partial charge in [0.1, 0.15) is 0 Å². The lowest BCUT2D eigenvalue weighted by Crippen LogP contribution is -2.03. The van der Waals surface area contributed by atoms with Crippen molar-refractivity contribution in [1.29, 1.82) is 0 Å². The van der Waals surface area contributed by atoms with Gasteiger partial charge >= 0.3 is 5.97 Å². The summed E-state index contributed by atoms with van der Waals surface area (Å²) in [5, 5.41) is 22.2. The number of aromatic carboxylic acids is 1. The highest BCUT2D eigenvalue weighted by Gasteiger charge is 2.16. The van der Waals surface area contributed by atoms with Crippen LogP contribution in [0.25, 0.3) is 5.69 Å². The van der Waals surface area contributed by atoms with Crippen LogP contribution in [0.4, 0.5) is 0 Å². The zero-order chi connectivity index (χ0) is 14.5. The van der Waals surface area contributed by atoms with Crippen LogP contribution in [0.2, 0.25) is 0 Å². The first kappa shape index (κ1) is 14.3. The summed E-state index contributed by atoms with van der Waals surface area (Å²) in [5.41, 5.74) is 2.75. The topological polar surface area (TPSA) is 75.4 Å². The Labute approximate surface area is 117 Å². The number of carboxylic acid groups (broad SMARTS) is 1. The first-order valence-corrected chi connectivity index (χ1v) is 6.67. The van der Waals surface area contributed by atoms with Crippen molar-refractivity contribution in [3.05, 3.63) is 47.3 Å². The van der Waals surface area contributed by atoms with Gasteiger partial charge in [0.05, 0.1) is 5.69 Å². The molecule has 5 heteroatoms. The normalized spacial score (nSPS) is 10.7. The first-order chi connectivity index (χ1) is 9.65. The van der Waals surface area contributed by atoms with E-state index >= 15 is 0 Å². The second-order valence-corrected chi connectivity index (χ2v) is 4.60. The Hall–Kier alpha value is -2.14. The van der Waals surface area contributed by atoms with E-state index < -0.39 is 5.97 Å². The molecule has 0 radical (unpaired) electrons. The largest absolute Gasteiger partial charge is 0.476 e. The summed E-state index contributed by atoms with van der Waals surface area (Å²) < 4.78 is 1.58. The monoisotopic (exact) mass is 274 g/mol. The first-order valence-electron chi connectivity index (χ1n) is 6.67. The summed E-state index contributed by atoms with van der Waals surface area (Å²) in [4.78, 5) is 11.2. The number of benzene rings is 1. The van der Waals surface area contributed by atoms with Crippen molar-refractivity contribution in [2.45, 2.75) is 26.2 Å². The zero-order valence-electron chi connectivity index (χ0n) is 11.4. The Bertz CT molecular complexity index is 588. The summed E-state index contributed by atoms with van der Waals surface area (Å²) in [6.45, 7) is 2.12. The number of aliphatic hydroxyl groups is 1. The zero-order valence-corrected chi connectivity index (χ0v) is 11.4. The number of aryl methyl sites for hydroxylation is 2. The molecule has 0 saturated carbocycles. The Balaban J connectivity index is 2.33. The second-order valence-electron chi connectivity index (χ2n) is 4.60. The molecule has 5 nitrogen and oxygen atoms in total. The molecular weight excluding hydrogens is 256 g/mol. The van der Waals surface area contributed by atoms with Crippen LogP contribution in [0.5, 0.6) is 0 Å². The van der Waals surface area contributed by atoms with Crippen molar-refractivity contribution < 1.29 is 15.0 Å². The van der Waals surface area contributed by atoms with E-state index in [4.69, 9.17) is 10.2 Å². The maximum atomic E-state index is 11.2. The summed E-state index contributed by atoms with van der Waals surface area (Å²) in [6, 6.07) is 7.86. The highest BCUT2D eigenvalue weighted by molar-refractivity contribution is 5.87. The van der Waals surface area contributed by atoms with Crippen LogP contribution in [0.15, 0.2) is 30.5 Å². The van der Waals surface area contributed by atoms with Gasteiger partial charge in [0.25, 0.3) is 0 Å². The van der Waals surface area contributed by atoms with Gasteiger partial charge in [0.15, 0.2) is 5.69 Å². The van der Waals surface area contributed by atoms with Gasteiger partial charge in [-0.3, -0.25) is 0 Å². The van der Waals surface area contributed by atoms with Crippen molar-refractivity contribution in [2.75, 3.05) is 6.61 Å². The van der Waals surface area contributed by atoms with E-state index in [1.165, 1.54) is 5.56 Å². The van der Waals surface area contributed by atoms with Crippen LogP contribution in [0, 0.1) is 0 Å². The second kappa shape index (κ2) is 6.34. The minimum absolute atomic E-state index is 0.0371. The van der Waals surface area contributed by atoms with Crippen molar-refractivity contribution in [3.8, 4) is 5.69 Å². The van der Waals surface area contributed by atoms with Crippen molar-refractivity contribution in [3.63, 3.8) is 0 Å². The molecule has 0 amide bonds. The Kier molecular flexibility index (Phi) is 4.53. The van der Waals surface area contributed by atoms with Gasteiger partial charge < -0.3 is 10.2 Å². The van der Waals surface area contributed by atoms with Gasteiger partial charge in [-0.15, -0.1) is 0 Å². The molecule has 0 spiro atoms. The number of carbonyl (C=O) groups is 1. The van der Waals surface area contributed by atoms with E-state index in [1.54, 1.807) is 10.9 Å². The highest BCUT2D eigenvalue weighted by atomic mass is 16.4. The average Bonchev–Trinajstić information content (AvgIpc) is 2.89. The van der Waals surface area contributed by atoms with Crippen LogP contribution < -0.4 is 0 Å². The van der Waals surface area contributed by atoms with Gasteiger partial charge in [0.2, 0.25) is 0 Å². The smallest absolute Gasteiger partial charge is 0.356 e. The molecule has 0 atom stereocenters. The van der Waals surface area contributed by atoms with Gasteiger partial charge in [-0.2, -0.15) is 5.10 Å². The predicted octanol–water partition coefficient (Wildman–Crippen LogP) is 2.06. The molecule has 2 aromatic rings. The number of aromatic nitrogens is 2. The molecule has 1 aromatic carbocycles. The number of rotatable bonds is 6. The molecule has 0 aliphatic rings. The summed E-state index contributed by atoms with van der Waals surface area (Å²) in [5.74, 6) is -1.04. The van der Waals surface area contributed by atoms with Gasteiger partial charge in [-0.05, 0) is 37.0 Å². The number of hydrogen-bond acceptors (Lipinski definition) is 3. The number of hydrogen-bond donors (Lipinski definition) is 2. The third-order valence-electron chi connectivity index (χ3n) is 3.21. The standard InChI is InChI=1S/C15H18N2O3/c1-2-11-5-7-13(8-6-11)17-10-12(4-3-9-18)14(16-17)15(19)20/h5-8,10,18H,2-4,9H2,1H3,(H,19,20). The third-order valence-corrected chi connectivity index (χ3v) is 3.21. The minimum Gasteiger partial charge on any atom is -0.476 e. The van der Waals surface area contributed by atoms with Crippen molar-refractivity contribution in [1.82, 2.24) is 9.78 Å². The number of aliphatic hydroxyl groups excluding tert-OH is 1. The molecule has 0 saturated heterocycles. The van der Waals surface area contributed by atoms with E-state index in [-0.39, 0.29) is 12.3 Å². The fourth-order valence-corrected chi connectivity index (χ4v) is 2.06. The highest BCUT2D eigenvalue weighted by Crippen LogP contribution is 2.15. The maximum Gasteiger partial charge on any atom is 0.356 e. The minimum atomic E-state index is -1.04. The fourth-order valence-electron chi connectivity index (χ4n) is 2.06. The fraction of sp³-hybridized carbons (Fsp3) is 0.333. The van der Waals surface area contributed by atoms with Crippen LogP contribution in [0.1, 0.15) is 35.0 Å². The van der Waals surface area contributed by atoms with E-state index in [0.717, 1.165) is 12.1 Å². The van der Waals surface area contributed by atoms with Crippen LogP contribution in [0.3, 0.4) is 0 Å². The summed E-state index contributed by atoms with van der Waals surface area (Å²) >= 11 is 0. The molecule has 1 aromatic heterocycles. The van der Waals surface area contributed by atoms with Gasteiger partial charge in [0, 0.05) is 18.4 Å². The third kappa shape index (κ3) is 3.05. The molecule has 0 unspecified atom stereocenters. The molecule has 0 bridgehead atoms. The van der Waals surface area contributed by atoms with Crippen molar-refractivity contribution in [2.24, 2.45) is 0 Å². The SMILES string of the molecule is CCc1ccc(-n2cc(CCCO)c(C(=O)O)n2)cc1. The van der Waals surface area contributed by atoms with Crippen LogP contribution in [-0.4, -0.2) is 32.6 Å². The summed E-state index contributed by atoms with van der Waals surface area (Å²) in [6.07, 6.45) is 3.72. The lowest BCUT2D eigenvalue weighted by atomic mass is 10.1. The van der Waals surface area contributed by atoms with E-state index in [0.29, 0.717) is 18.4 Å². The molecule has 0 fully saturated rings. The molecule has 106 valence electrons. The molecule has 2 N–H and O–H groups in total. The Morgan fingerprint density at radius 3 is 2.55 bits per heavy atom. The van der Waals surface area contributed by atoms with Gasteiger partial charge in [-0.1, -0.05) is 19.1 Å². The Morgan fingerprint density at radius 1 is 1.30 bits per heavy atom. The predicted molar refractivity (Wildman–Crippen MR) is 75.3 cm³/mol. The lowest BCUT2D eigenvalue weighted by Gasteiger charge is -2.02. The quantitative estimate of drug-likeness (QED) is 0.845. The molecule has 20 heavy (non-hydrogen) atoms. The van der Waals surface area contributed by atoms with E-state index in [9.17, 15) is 4.79 Å². The molecule has 0 aliphatic heterocycles. The molecule has 1 heterocycles. The summed E-state index contributed by atoms with van der Waals surface area (Å²) in [7, 11) is 0. The Morgan fingerprint density at radius 2 is 2.00 bits per heavy atom. The molecule has 0 aliphatic carbocycles. The van der Waals surface area contributed by atoms with E-state index in [2.05, 4.69) is 12.0 Å². The van der Waals surface area contributed by atoms with E-state index in [1.807, 2.05) is 24.3 Å². The number of nitrogens with zero attached hydrogens (tertiary/aromatic N) is 2. The van der Waals surface area contributed by atoms with Gasteiger partial charge in [-0.25, -0.2) is 9.48 Å². The number of carboxylic acids is 1. The molecular formula is C15H18N2O3. The van der Waals surface area contributed by atoms with Crippen molar-refractivity contribution >= 4 is 5.97 Å². The van der Waals surface area contributed by atoms with Crippen LogP contribution in [-0.2, 0) is 12.8 Å². The maximum absolute atomic E-state index is 11.2.